The van der Waals surface area contributed by atoms with Gasteiger partial charge in [0.05, 0.1) is 17.9 Å². The zero-order valence-electron chi connectivity index (χ0n) is 18.0. The number of amides is 1. The monoisotopic (exact) mass is 396 g/mol. The van der Waals surface area contributed by atoms with Gasteiger partial charge in [0.1, 0.15) is 5.60 Å². The summed E-state index contributed by atoms with van der Waals surface area (Å²) in [7, 11) is -2.08. The highest BCUT2D eigenvalue weighted by Gasteiger charge is 2.39. The second-order valence-corrected chi connectivity index (χ2v) is 14.1. The van der Waals surface area contributed by atoms with Gasteiger partial charge in [-0.25, -0.2) is 4.79 Å². The number of nitrogens with zero attached hydrogens (tertiary/aromatic N) is 1. The second kappa shape index (κ2) is 9.17. The molecule has 27 heavy (non-hydrogen) atoms. The Labute approximate surface area is 164 Å². The van der Waals surface area contributed by atoms with Crippen molar-refractivity contribution in [3.05, 3.63) is 30.1 Å². The van der Waals surface area contributed by atoms with Crippen molar-refractivity contribution < 1.29 is 19.1 Å². The van der Waals surface area contributed by atoms with Crippen LogP contribution in [0.2, 0.25) is 18.1 Å². The van der Waals surface area contributed by atoms with Crippen LogP contribution in [0.5, 0.6) is 0 Å². The van der Waals surface area contributed by atoms with Crippen molar-refractivity contribution in [3.63, 3.8) is 0 Å². The summed E-state index contributed by atoms with van der Waals surface area (Å²) >= 11 is 0. The molecule has 0 aromatic carbocycles. The predicted octanol–water partition coefficient (Wildman–Crippen LogP) is 4.42. The van der Waals surface area contributed by atoms with Gasteiger partial charge in [0.15, 0.2) is 8.32 Å². The molecule has 0 aliphatic heterocycles. The summed E-state index contributed by atoms with van der Waals surface area (Å²) in [4.78, 5) is 16.2. The van der Waals surface area contributed by atoms with Gasteiger partial charge in [-0.3, -0.25) is 4.98 Å². The highest BCUT2D eigenvalue weighted by molar-refractivity contribution is 6.74. The van der Waals surface area contributed by atoms with E-state index >= 15 is 0 Å². The van der Waals surface area contributed by atoms with Gasteiger partial charge in [0, 0.05) is 19.2 Å². The van der Waals surface area contributed by atoms with Gasteiger partial charge in [-0.2, -0.15) is 0 Å². The number of aliphatic hydroxyl groups excluding tert-OH is 1. The third kappa shape index (κ3) is 8.40. The van der Waals surface area contributed by atoms with E-state index < -0.39 is 26.1 Å². The van der Waals surface area contributed by atoms with Crippen LogP contribution in [-0.2, 0) is 9.16 Å². The second-order valence-electron chi connectivity index (χ2n) is 9.39. The van der Waals surface area contributed by atoms with E-state index in [9.17, 15) is 9.90 Å². The zero-order chi connectivity index (χ0) is 20.9. The van der Waals surface area contributed by atoms with Gasteiger partial charge < -0.3 is 19.6 Å². The largest absolute Gasteiger partial charge is 0.444 e. The Balaban J connectivity index is 2.84. The van der Waals surface area contributed by atoms with Crippen LogP contribution in [0.4, 0.5) is 4.79 Å². The minimum atomic E-state index is -2.08. The van der Waals surface area contributed by atoms with E-state index in [1.807, 2.05) is 32.9 Å². The van der Waals surface area contributed by atoms with E-state index in [-0.39, 0.29) is 17.7 Å². The Bertz CT molecular complexity index is 594. The van der Waals surface area contributed by atoms with E-state index in [1.165, 1.54) is 0 Å². The molecule has 0 saturated carbocycles. The Morgan fingerprint density at radius 3 is 2.33 bits per heavy atom. The molecule has 1 rings (SSSR count). The minimum Gasteiger partial charge on any atom is -0.444 e. The van der Waals surface area contributed by atoms with Gasteiger partial charge >= 0.3 is 6.09 Å². The first kappa shape index (κ1) is 23.6. The molecule has 2 atom stereocenters. The topological polar surface area (TPSA) is 80.7 Å². The van der Waals surface area contributed by atoms with Crippen molar-refractivity contribution in [3.8, 4) is 0 Å². The number of pyridine rings is 1. The zero-order valence-corrected chi connectivity index (χ0v) is 19.0. The average Bonchev–Trinajstić information content (AvgIpc) is 2.50. The van der Waals surface area contributed by atoms with Crippen LogP contribution in [-0.4, -0.2) is 42.8 Å². The highest BCUT2D eigenvalue weighted by Crippen LogP contribution is 2.38. The fourth-order valence-electron chi connectivity index (χ4n) is 2.22. The predicted molar refractivity (Wildman–Crippen MR) is 110 cm³/mol. The maximum atomic E-state index is 12.0. The molecule has 7 heteroatoms. The molecule has 0 bridgehead atoms. The third-order valence-corrected chi connectivity index (χ3v) is 9.19. The molecule has 0 aliphatic carbocycles. The van der Waals surface area contributed by atoms with E-state index in [0.717, 1.165) is 0 Å². The lowest BCUT2D eigenvalue weighted by molar-refractivity contribution is 0.0451. The first-order chi connectivity index (χ1) is 12.2. The quantitative estimate of drug-likeness (QED) is 0.667. The summed E-state index contributed by atoms with van der Waals surface area (Å²) in [6.07, 6.45) is 0.413. The lowest BCUT2D eigenvalue weighted by atomic mass is 10.1. The van der Waals surface area contributed by atoms with Crippen molar-refractivity contribution in [2.45, 2.75) is 83.9 Å². The van der Waals surface area contributed by atoms with Gasteiger partial charge in [0.25, 0.3) is 0 Å². The molecular weight excluding hydrogens is 360 g/mol. The van der Waals surface area contributed by atoms with Crippen LogP contribution in [0.1, 0.15) is 59.8 Å². The van der Waals surface area contributed by atoms with Gasteiger partial charge in [-0.05, 0) is 51.0 Å². The summed E-state index contributed by atoms with van der Waals surface area (Å²) in [6.45, 7) is 16.5. The summed E-state index contributed by atoms with van der Waals surface area (Å²) in [5.41, 5.74) is 0.0338. The first-order valence-electron chi connectivity index (χ1n) is 9.45. The molecule has 0 saturated heterocycles. The molecule has 1 heterocycles. The average molecular weight is 397 g/mol. The van der Waals surface area contributed by atoms with E-state index in [0.29, 0.717) is 12.1 Å². The number of ether oxygens (including phenoxy) is 1. The number of rotatable bonds is 7. The number of nitrogens with one attached hydrogen (secondary N) is 1. The van der Waals surface area contributed by atoms with Gasteiger partial charge in [-0.1, -0.05) is 26.8 Å². The molecule has 0 spiro atoms. The summed E-state index contributed by atoms with van der Waals surface area (Å²) in [5.74, 6) is 0. The third-order valence-electron chi connectivity index (χ3n) is 4.66. The molecule has 1 aromatic rings. The van der Waals surface area contributed by atoms with Crippen LogP contribution >= 0.6 is 0 Å². The molecular formula is C20H36N2O4Si. The SMILES string of the molecule is CC(C)(C)OC(=O)NC[C@@H](CC(O)c1ccccn1)O[Si](C)(C)C(C)(C)C. The number of aromatic nitrogens is 1. The van der Waals surface area contributed by atoms with Crippen LogP contribution < -0.4 is 5.32 Å². The Hall–Kier alpha value is -1.44. The molecule has 0 radical (unpaired) electrons. The molecule has 0 aliphatic rings. The van der Waals surface area contributed by atoms with Crippen molar-refractivity contribution in [1.29, 1.82) is 0 Å². The van der Waals surface area contributed by atoms with Crippen LogP contribution in [0.15, 0.2) is 24.4 Å². The molecule has 1 aromatic heterocycles. The number of carbonyl (C=O) groups is 1. The Morgan fingerprint density at radius 2 is 1.85 bits per heavy atom. The normalized spacial score (nSPS) is 15.1. The smallest absolute Gasteiger partial charge is 0.407 e. The summed E-state index contributed by atoms with van der Waals surface area (Å²) < 4.78 is 11.8. The highest BCUT2D eigenvalue weighted by atomic mass is 28.4. The number of carbonyl (C=O) groups excluding carboxylic acids is 1. The van der Waals surface area contributed by atoms with Crippen LogP contribution in [0, 0.1) is 0 Å². The molecule has 2 N–H and O–H groups in total. The van der Waals surface area contributed by atoms with Crippen molar-refractivity contribution >= 4 is 14.4 Å². The molecule has 1 amide bonds. The molecule has 1 unspecified atom stereocenters. The Morgan fingerprint density at radius 1 is 1.22 bits per heavy atom. The first-order valence-corrected chi connectivity index (χ1v) is 12.4. The van der Waals surface area contributed by atoms with Crippen LogP contribution in [0.3, 0.4) is 0 Å². The lowest BCUT2D eigenvalue weighted by Crippen LogP contribution is -2.48. The maximum Gasteiger partial charge on any atom is 0.407 e. The van der Waals surface area contributed by atoms with E-state index in [4.69, 9.17) is 9.16 Å². The number of alkyl carbamates (subject to hydrolysis) is 1. The van der Waals surface area contributed by atoms with Gasteiger partial charge in [0.2, 0.25) is 0 Å². The molecule has 154 valence electrons. The number of hydrogen-bond donors (Lipinski definition) is 2. The Kier molecular flexibility index (Phi) is 8.01. The van der Waals surface area contributed by atoms with E-state index in [1.54, 1.807) is 12.3 Å². The minimum absolute atomic E-state index is 0.0210. The fourth-order valence-corrected chi connectivity index (χ4v) is 3.59. The standard InChI is InChI=1S/C20H36N2O4Si/c1-19(2,3)25-18(24)22-14-15(26-27(7,8)20(4,5)6)13-17(23)16-11-9-10-12-21-16/h9-12,15,17,23H,13-14H2,1-8H3,(H,22,24)/t15-,17?/m1/s1. The summed E-state index contributed by atoms with van der Waals surface area (Å²) in [6, 6.07) is 5.44. The molecule has 6 nitrogen and oxygen atoms in total. The van der Waals surface area contributed by atoms with Crippen molar-refractivity contribution in [1.82, 2.24) is 10.3 Å². The fraction of sp³-hybridized carbons (Fsp3) is 0.700. The van der Waals surface area contributed by atoms with Crippen molar-refractivity contribution in [2.24, 2.45) is 0 Å². The maximum absolute atomic E-state index is 12.0. The van der Waals surface area contributed by atoms with Crippen molar-refractivity contribution in [2.75, 3.05) is 6.54 Å². The van der Waals surface area contributed by atoms with E-state index in [2.05, 4.69) is 44.2 Å². The van der Waals surface area contributed by atoms with Crippen LogP contribution in [0.25, 0.3) is 0 Å². The lowest BCUT2D eigenvalue weighted by Gasteiger charge is -2.39. The summed E-state index contributed by atoms with van der Waals surface area (Å²) in [5, 5.41) is 13.4. The van der Waals surface area contributed by atoms with Gasteiger partial charge in [-0.15, -0.1) is 0 Å². The molecule has 0 fully saturated rings. The number of hydrogen-bond acceptors (Lipinski definition) is 5. The number of aliphatic hydroxyl groups is 1.